The third kappa shape index (κ3) is 2.69. The van der Waals surface area contributed by atoms with Crippen molar-refractivity contribution < 1.29 is 14.6 Å². The first-order chi connectivity index (χ1) is 6.54. The Bertz CT molecular complexity index is 206. The lowest BCUT2D eigenvalue weighted by Crippen LogP contribution is -2.38. The second-order valence-electron chi connectivity index (χ2n) is 4.28. The molecule has 1 aliphatic rings. The van der Waals surface area contributed by atoms with E-state index < -0.39 is 6.10 Å². The first kappa shape index (κ1) is 11.5. The van der Waals surface area contributed by atoms with E-state index in [2.05, 4.69) is 23.9 Å². The SMILES string of the molecule is COC(=O)[C@@H]1C[C@@H](O)[C@H](CC(C)C)N1. The summed E-state index contributed by atoms with van der Waals surface area (Å²) in [5.74, 6) is 0.230. The van der Waals surface area contributed by atoms with Gasteiger partial charge in [-0.05, 0) is 12.3 Å². The first-order valence-corrected chi connectivity index (χ1v) is 5.06. The van der Waals surface area contributed by atoms with Gasteiger partial charge in [0.15, 0.2) is 0 Å². The number of carbonyl (C=O) groups excluding carboxylic acids is 1. The molecule has 0 bridgehead atoms. The second kappa shape index (κ2) is 4.75. The molecule has 0 radical (unpaired) electrons. The molecule has 1 rings (SSSR count). The number of hydrogen-bond acceptors (Lipinski definition) is 4. The normalized spacial score (nSPS) is 32.2. The zero-order valence-corrected chi connectivity index (χ0v) is 8.99. The molecule has 82 valence electrons. The number of ether oxygens (including phenoxy) is 1. The van der Waals surface area contributed by atoms with Crippen LogP contribution in [-0.4, -0.2) is 36.4 Å². The van der Waals surface area contributed by atoms with Crippen LogP contribution >= 0.6 is 0 Å². The van der Waals surface area contributed by atoms with E-state index in [1.54, 1.807) is 0 Å². The van der Waals surface area contributed by atoms with Gasteiger partial charge in [0, 0.05) is 12.5 Å². The lowest BCUT2D eigenvalue weighted by atomic mass is 10.0. The number of nitrogens with one attached hydrogen (secondary N) is 1. The molecule has 1 aliphatic heterocycles. The Morgan fingerprint density at radius 2 is 2.29 bits per heavy atom. The van der Waals surface area contributed by atoms with Crippen LogP contribution in [-0.2, 0) is 9.53 Å². The fourth-order valence-corrected chi connectivity index (χ4v) is 1.88. The minimum atomic E-state index is -0.429. The number of hydrogen-bond donors (Lipinski definition) is 2. The molecule has 0 spiro atoms. The van der Waals surface area contributed by atoms with Crippen molar-refractivity contribution in [2.24, 2.45) is 5.92 Å². The van der Waals surface area contributed by atoms with Gasteiger partial charge in [0.2, 0.25) is 0 Å². The predicted octanol–water partition coefficient (Wildman–Crippen LogP) is 0.297. The van der Waals surface area contributed by atoms with Crippen molar-refractivity contribution >= 4 is 5.97 Å². The summed E-state index contributed by atoms with van der Waals surface area (Å²) in [4.78, 5) is 11.2. The average molecular weight is 201 g/mol. The summed E-state index contributed by atoms with van der Waals surface area (Å²) in [7, 11) is 1.37. The van der Waals surface area contributed by atoms with Crippen molar-refractivity contribution in [2.45, 2.75) is 44.9 Å². The van der Waals surface area contributed by atoms with Crippen LogP contribution in [0.1, 0.15) is 26.7 Å². The van der Waals surface area contributed by atoms with Crippen molar-refractivity contribution in [1.29, 1.82) is 0 Å². The summed E-state index contributed by atoms with van der Waals surface area (Å²) in [6, 6.07) is -0.308. The monoisotopic (exact) mass is 201 g/mol. The summed E-state index contributed by atoms with van der Waals surface area (Å²) < 4.78 is 4.62. The highest BCUT2D eigenvalue weighted by atomic mass is 16.5. The third-order valence-electron chi connectivity index (χ3n) is 2.57. The Morgan fingerprint density at radius 1 is 1.64 bits per heavy atom. The largest absolute Gasteiger partial charge is 0.468 e. The van der Waals surface area contributed by atoms with Crippen molar-refractivity contribution in [1.82, 2.24) is 5.32 Å². The zero-order chi connectivity index (χ0) is 10.7. The molecule has 3 atom stereocenters. The second-order valence-corrected chi connectivity index (χ2v) is 4.28. The molecular formula is C10H19NO3. The molecule has 0 aliphatic carbocycles. The average Bonchev–Trinajstić information content (AvgIpc) is 2.46. The van der Waals surface area contributed by atoms with Gasteiger partial charge in [-0.2, -0.15) is 0 Å². The van der Waals surface area contributed by atoms with Crippen LogP contribution in [0, 0.1) is 5.92 Å². The number of esters is 1. The van der Waals surface area contributed by atoms with E-state index in [4.69, 9.17) is 0 Å². The number of carbonyl (C=O) groups is 1. The van der Waals surface area contributed by atoms with Gasteiger partial charge in [0.05, 0.1) is 13.2 Å². The summed E-state index contributed by atoms with van der Waals surface area (Å²) >= 11 is 0. The van der Waals surface area contributed by atoms with E-state index >= 15 is 0 Å². The summed E-state index contributed by atoms with van der Waals surface area (Å²) in [5, 5.41) is 12.8. The molecule has 1 saturated heterocycles. The lowest BCUT2D eigenvalue weighted by Gasteiger charge is -2.17. The molecule has 0 aromatic heterocycles. The quantitative estimate of drug-likeness (QED) is 0.645. The third-order valence-corrected chi connectivity index (χ3v) is 2.57. The molecule has 14 heavy (non-hydrogen) atoms. The fraction of sp³-hybridized carbons (Fsp3) is 0.900. The van der Waals surface area contributed by atoms with Crippen LogP contribution in [0.5, 0.6) is 0 Å². The molecule has 0 saturated carbocycles. The Labute approximate surface area is 84.6 Å². The number of aliphatic hydroxyl groups is 1. The maximum atomic E-state index is 11.2. The van der Waals surface area contributed by atoms with E-state index in [9.17, 15) is 9.90 Å². The zero-order valence-electron chi connectivity index (χ0n) is 8.99. The summed E-state index contributed by atoms with van der Waals surface area (Å²) in [6.07, 6.45) is 0.917. The van der Waals surface area contributed by atoms with Gasteiger partial charge in [-0.25, -0.2) is 0 Å². The van der Waals surface area contributed by atoms with Crippen molar-refractivity contribution in [3.63, 3.8) is 0 Å². The molecule has 1 heterocycles. The van der Waals surface area contributed by atoms with Crippen LogP contribution < -0.4 is 5.32 Å². The van der Waals surface area contributed by atoms with Gasteiger partial charge in [-0.15, -0.1) is 0 Å². The number of methoxy groups -OCH3 is 1. The highest BCUT2D eigenvalue weighted by Gasteiger charge is 2.36. The maximum Gasteiger partial charge on any atom is 0.322 e. The van der Waals surface area contributed by atoms with E-state index in [0.717, 1.165) is 6.42 Å². The molecule has 4 nitrogen and oxygen atoms in total. The van der Waals surface area contributed by atoms with E-state index in [-0.39, 0.29) is 18.1 Å². The fourth-order valence-electron chi connectivity index (χ4n) is 1.88. The first-order valence-electron chi connectivity index (χ1n) is 5.06. The molecule has 0 unspecified atom stereocenters. The van der Waals surface area contributed by atoms with Gasteiger partial charge >= 0.3 is 5.97 Å². The number of aliphatic hydroxyl groups excluding tert-OH is 1. The molecule has 1 fully saturated rings. The number of rotatable bonds is 3. The van der Waals surface area contributed by atoms with Crippen LogP contribution in [0.15, 0.2) is 0 Å². The minimum absolute atomic E-state index is 0.0269. The molecule has 0 aromatic rings. The summed E-state index contributed by atoms with van der Waals surface area (Å²) in [6.45, 7) is 4.19. The van der Waals surface area contributed by atoms with E-state index in [0.29, 0.717) is 12.3 Å². The highest BCUT2D eigenvalue weighted by molar-refractivity contribution is 5.76. The Hall–Kier alpha value is -0.610. The highest BCUT2D eigenvalue weighted by Crippen LogP contribution is 2.19. The Morgan fingerprint density at radius 3 is 2.79 bits per heavy atom. The van der Waals surface area contributed by atoms with E-state index in [1.807, 2.05) is 0 Å². The lowest BCUT2D eigenvalue weighted by molar-refractivity contribution is -0.142. The van der Waals surface area contributed by atoms with Crippen LogP contribution in [0.2, 0.25) is 0 Å². The van der Waals surface area contributed by atoms with Gasteiger partial charge in [-0.3, -0.25) is 10.1 Å². The summed E-state index contributed by atoms with van der Waals surface area (Å²) in [5.41, 5.74) is 0. The molecular weight excluding hydrogens is 182 g/mol. The smallest absolute Gasteiger partial charge is 0.322 e. The Kier molecular flexibility index (Phi) is 3.89. The predicted molar refractivity (Wildman–Crippen MR) is 52.8 cm³/mol. The minimum Gasteiger partial charge on any atom is -0.468 e. The molecule has 4 heteroatoms. The maximum absolute atomic E-state index is 11.2. The standard InChI is InChI=1S/C10H19NO3/c1-6(2)4-7-9(12)5-8(11-7)10(13)14-3/h6-9,11-12H,4-5H2,1-3H3/t7-,8-,9+/m0/s1. The van der Waals surface area contributed by atoms with Crippen LogP contribution in [0.4, 0.5) is 0 Å². The van der Waals surface area contributed by atoms with Crippen LogP contribution in [0.25, 0.3) is 0 Å². The van der Waals surface area contributed by atoms with Crippen molar-refractivity contribution in [3.05, 3.63) is 0 Å². The molecule has 0 amide bonds. The molecule has 2 N–H and O–H groups in total. The molecule has 0 aromatic carbocycles. The van der Waals surface area contributed by atoms with Gasteiger partial charge in [-0.1, -0.05) is 13.8 Å². The van der Waals surface area contributed by atoms with Gasteiger partial charge in [0.25, 0.3) is 0 Å². The van der Waals surface area contributed by atoms with Gasteiger partial charge in [0.1, 0.15) is 6.04 Å². The van der Waals surface area contributed by atoms with Gasteiger partial charge < -0.3 is 9.84 Å². The van der Waals surface area contributed by atoms with Crippen molar-refractivity contribution in [2.75, 3.05) is 7.11 Å². The Balaban J connectivity index is 2.47. The topological polar surface area (TPSA) is 58.6 Å². The van der Waals surface area contributed by atoms with Crippen molar-refractivity contribution in [3.8, 4) is 0 Å². The van der Waals surface area contributed by atoms with Crippen LogP contribution in [0.3, 0.4) is 0 Å². The van der Waals surface area contributed by atoms with E-state index in [1.165, 1.54) is 7.11 Å².